The summed E-state index contributed by atoms with van der Waals surface area (Å²) in [6.07, 6.45) is 3.08. The molecule has 0 spiro atoms. The minimum Gasteiger partial charge on any atom is -0.349 e. The van der Waals surface area contributed by atoms with Crippen molar-refractivity contribution < 1.29 is 4.79 Å². The molecule has 1 aliphatic rings. The van der Waals surface area contributed by atoms with Crippen molar-refractivity contribution in [1.82, 2.24) is 20.0 Å². The van der Waals surface area contributed by atoms with E-state index in [9.17, 15) is 9.59 Å². The number of carbonyl (C=O) groups is 1. The van der Waals surface area contributed by atoms with Gasteiger partial charge in [-0.2, -0.15) is 5.10 Å². The molecule has 0 radical (unpaired) electrons. The van der Waals surface area contributed by atoms with Crippen LogP contribution in [0.5, 0.6) is 0 Å². The maximum atomic E-state index is 12.8. The van der Waals surface area contributed by atoms with Crippen LogP contribution in [-0.2, 0) is 6.54 Å². The summed E-state index contributed by atoms with van der Waals surface area (Å²) in [5, 5.41) is 8.55. The first-order valence-corrected chi connectivity index (χ1v) is 9.17. The van der Waals surface area contributed by atoms with E-state index >= 15 is 0 Å². The molecule has 0 aliphatic carbocycles. The molecule has 0 unspecified atom stereocenters. The Hall–Kier alpha value is -2.21. The molecule has 1 atom stereocenters. The van der Waals surface area contributed by atoms with Crippen LogP contribution in [0.4, 0.5) is 0 Å². The Balaban J connectivity index is 1.87. The Morgan fingerprint density at radius 3 is 2.76 bits per heavy atom. The fourth-order valence-corrected chi connectivity index (χ4v) is 3.60. The van der Waals surface area contributed by atoms with Crippen LogP contribution >= 0.6 is 0 Å². The van der Waals surface area contributed by atoms with Gasteiger partial charge in [0.2, 0.25) is 0 Å². The van der Waals surface area contributed by atoms with Crippen molar-refractivity contribution in [1.29, 1.82) is 0 Å². The molecule has 2 aromatic rings. The standard InChI is InChI=1S/C19H26N4O2/c1-3-11-23-19(25)16-10-6-5-9-15(16)17(21-23)18(24)20-13-14-8-7-12-22(14)4-2/h5-6,9-10,14H,3-4,7-8,11-13H2,1-2H3,(H,20,24)/t14-/m0/s1. The molecular formula is C19H26N4O2. The van der Waals surface area contributed by atoms with Gasteiger partial charge in [0.25, 0.3) is 11.5 Å². The first kappa shape index (κ1) is 17.6. The van der Waals surface area contributed by atoms with E-state index in [1.807, 2.05) is 19.1 Å². The molecular weight excluding hydrogens is 316 g/mol. The largest absolute Gasteiger partial charge is 0.349 e. The molecule has 3 rings (SSSR count). The molecule has 25 heavy (non-hydrogen) atoms. The van der Waals surface area contributed by atoms with E-state index in [-0.39, 0.29) is 11.5 Å². The summed E-state index contributed by atoms with van der Waals surface area (Å²) in [5.41, 5.74) is 0.201. The highest BCUT2D eigenvalue weighted by atomic mass is 16.2. The number of aromatic nitrogens is 2. The summed E-state index contributed by atoms with van der Waals surface area (Å²) in [5.74, 6) is -0.205. The Morgan fingerprint density at radius 2 is 2.04 bits per heavy atom. The number of aryl methyl sites for hydroxylation is 1. The Morgan fingerprint density at radius 1 is 1.28 bits per heavy atom. The van der Waals surface area contributed by atoms with Crippen molar-refractivity contribution in [3.8, 4) is 0 Å². The van der Waals surface area contributed by atoms with Gasteiger partial charge in [-0.15, -0.1) is 0 Å². The van der Waals surface area contributed by atoms with E-state index in [1.165, 1.54) is 11.1 Å². The maximum absolute atomic E-state index is 12.8. The summed E-state index contributed by atoms with van der Waals surface area (Å²) in [4.78, 5) is 27.7. The zero-order valence-corrected chi connectivity index (χ0v) is 15.0. The summed E-state index contributed by atoms with van der Waals surface area (Å²) < 4.78 is 1.41. The molecule has 1 aliphatic heterocycles. The lowest BCUT2D eigenvalue weighted by molar-refractivity contribution is 0.0936. The predicted molar refractivity (Wildman–Crippen MR) is 98.9 cm³/mol. The van der Waals surface area contributed by atoms with Crippen molar-refractivity contribution in [2.45, 2.75) is 45.7 Å². The van der Waals surface area contributed by atoms with Gasteiger partial charge in [-0.3, -0.25) is 14.5 Å². The Kier molecular flexibility index (Phi) is 5.48. The Labute approximate surface area is 147 Å². The van der Waals surface area contributed by atoms with Crippen molar-refractivity contribution in [3.63, 3.8) is 0 Å². The zero-order chi connectivity index (χ0) is 17.8. The first-order valence-electron chi connectivity index (χ1n) is 9.17. The highest BCUT2D eigenvalue weighted by molar-refractivity contribution is 6.04. The Bertz CT molecular complexity index is 815. The monoisotopic (exact) mass is 342 g/mol. The fraction of sp³-hybridized carbons (Fsp3) is 0.526. The summed E-state index contributed by atoms with van der Waals surface area (Å²) in [6, 6.07) is 7.60. The van der Waals surface area contributed by atoms with E-state index in [2.05, 4.69) is 22.2 Å². The molecule has 1 N–H and O–H groups in total. The number of hydrogen-bond donors (Lipinski definition) is 1. The van der Waals surface area contributed by atoms with E-state index < -0.39 is 0 Å². The molecule has 1 fully saturated rings. The number of nitrogens with zero attached hydrogens (tertiary/aromatic N) is 3. The van der Waals surface area contributed by atoms with Crippen LogP contribution < -0.4 is 10.9 Å². The SMILES string of the molecule is CCCn1nc(C(=O)NC[C@@H]2CCCN2CC)c2ccccc2c1=O. The number of fused-ring (bicyclic) bond motifs is 1. The van der Waals surface area contributed by atoms with Gasteiger partial charge in [0.1, 0.15) is 0 Å². The second-order valence-electron chi connectivity index (χ2n) is 6.56. The van der Waals surface area contributed by atoms with E-state index in [0.29, 0.717) is 35.6 Å². The molecule has 0 bridgehead atoms. The van der Waals surface area contributed by atoms with Gasteiger partial charge in [-0.1, -0.05) is 32.0 Å². The third-order valence-corrected chi connectivity index (χ3v) is 4.92. The highest BCUT2D eigenvalue weighted by Gasteiger charge is 2.24. The van der Waals surface area contributed by atoms with E-state index in [4.69, 9.17) is 0 Å². The number of nitrogens with one attached hydrogen (secondary N) is 1. The average molecular weight is 342 g/mol. The second kappa shape index (κ2) is 7.78. The van der Waals surface area contributed by atoms with Gasteiger partial charge in [0.05, 0.1) is 5.39 Å². The topological polar surface area (TPSA) is 67.2 Å². The van der Waals surface area contributed by atoms with Gasteiger partial charge >= 0.3 is 0 Å². The average Bonchev–Trinajstić information content (AvgIpc) is 3.10. The van der Waals surface area contributed by atoms with E-state index in [1.54, 1.807) is 12.1 Å². The van der Waals surface area contributed by atoms with Gasteiger partial charge < -0.3 is 5.32 Å². The third-order valence-electron chi connectivity index (χ3n) is 4.92. The van der Waals surface area contributed by atoms with Crippen LogP contribution in [0.3, 0.4) is 0 Å². The van der Waals surface area contributed by atoms with Gasteiger partial charge in [0.15, 0.2) is 5.69 Å². The number of hydrogen-bond acceptors (Lipinski definition) is 4. The highest BCUT2D eigenvalue weighted by Crippen LogP contribution is 2.17. The van der Waals surface area contributed by atoms with Crippen LogP contribution in [0.25, 0.3) is 10.8 Å². The van der Waals surface area contributed by atoms with Gasteiger partial charge in [-0.25, -0.2) is 4.68 Å². The number of carbonyl (C=O) groups excluding carboxylic acids is 1. The van der Waals surface area contributed by atoms with Crippen LogP contribution in [0.15, 0.2) is 29.1 Å². The van der Waals surface area contributed by atoms with Crippen LogP contribution in [0.1, 0.15) is 43.6 Å². The lowest BCUT2D eigenvalue weighted by Gasteiger charge is -2.22. The number of rotatable bonds is 6. The molecule has 2 heterocycles. The fourth-order valence-electron chi connectivity index (χ4n) is 3.60. The zero-order valence-electron chi connectivity index (χ0n) is 15.0. The summed E-state index contributed by atoms with van der Waals surface area (Å²) >= 11 is 0. The lowest BCUT2D eigenvalue weighted by atomic mass is 10.1. The van der Waals surface area contributed by atoms with Crippen molar-refractivity contribution in [2.75, 3.05) is 19.6 Å². The first-order chi connectivity index (χ1) is 12.2. The van der Waals surface area contributed by atoms with Crippen LogP contribution in [-0.4, -0.2) is 46.3 Å². The molecule has 0 saturated carbocycles. The molecule has 6 nitrogen and oxygen atoms in total. The van der Waals surface area contributed by atoms with Crippen LogP contribution in [0, 0.1) is 0 Å². The van der Waals surface area contributed by atoms with Crippen LogP contribution in [0.2, 0.25) is 0 Å². The summed E-state index contributed by atoms with van der Waals surface area (Å²) in [7, 11) is 0. The quantitative estimate of drug-likeness (QED) is 0.872. The molecule has 1 saturated heterocycles. The minimum atomic E-state index is -0.205. The molecule has 1 amide bonds. The van der Waals surface area contributed by atoms with Crippen molar-refractivity contribution in [3.05, 3.63) is 40.3 Å². The third kappa shape index (κ3) is 3.58. The number of benzene rings is 1. The second-order valence-corrected chi connectivity index (χ2v) is 6.56. The smallest absolute Gasteiger partial charge is 0.274 e. The molecule has 1 aromatic carbocycles. The van der Waals surface area contributed by atoms with Crippen molar-refractivity contribution >= 4 is 16.7 Å². The summed E-state index contributed by atoms with van der Waals surface area (Å²) in [6.45, 7) is 7.37. The normalized spacial score (nSPS) is 17.9. The number of amides is 1. The molecule has 6 heteroatoms. The van der Waals surface area contributed by atoms with E-state index in [0.717, 1.165) is 25.9 Å². The van der Waals surface area contributed by atoms with Gasteiger partial charge in [0, 0.05) is 24.5 Å². The number of likely N-dealkylation sites (tertiary alicyclic amines) is 1. The van der Waals surface area contributed by atoms with Crippen molar-refractivity contribution in [2.24, 2.45) is 0 Å². The van der Waals surface area contributed by atoms with Gasteiger partial charge in [-0.05, 0) is 38.4 Å². The maximum Gasteiger partial charge on any atom is 0.274 e. The lowest BCUT2D eigenvalue weighted by Crippen LogP contribution is -2.40. The molecule has 134 valence electrons. The minimum absolute atomic E-state index is 0.137. The predicted octanol–water partition coefficient (Wildman–Crippen LogP) is 2.02. The molecule has 1 aromatic heterocycles. The number of likely N-dealkylation sites (N-methyl/N-ethyl adjacent to an activating group) is 1.